The molecule has 0 radical (unpaired) electrons. The fourth-order valence-corrected chi connectivity index (χ4v) is 2.60. The molecule has 0 heterocycles. The number of hydrogen-bond donors (Lipinski definition) is 1. The van der Waals surface area contributed by atoms with Gasteiger partial charge in [0.1, 0.15) is 5.75 Å². The van der Waals surface area contributed by atoms with Crippen LogP contribution in [-0.4, -0.2) is 7.11 Å². The summed E-state index contributed by atoms with van der Waals surface area (Å²) in [6.45, 7) is 2.99. The largest absolute Gasteiger partial charge is 0.497 e. The van der Waals surface area contributed by atoms with Crippen molar-refractivity contribution in [3.8, 4) is 5.75 Å². The second-order valence-electron chi connectivity index (χ2n) is 4.62. The van der Waals surface area contributed by atoms with Crippen molar-refractivity contribution in [1.82, 2.24) is 5.32 Å². The molecule has 1 atom stereocenters. The third-order valence-electron chi connectivity index (χ3n) is 3.21. The van der Waals surface area contributed by atoms with Gasteiger partial charge >= 0.3 is 0 Å². The molecule has 0 saturated heterocycles. The van der Waals surface area contributed by atoms with Crippen molar-refractivity contribution < 1.29 is 4.74 Å². The fourth-order valence-electron chi connectivity index (χ4n) is 1.93. The zero-order valence-corrected chi connectivity index (χ0v) is 14.7. The monoisotopic (exact) mass is 397 g/mol. The van der Waals surface area contributed by atoms with Gasteiger partial charge in [0.05, 0.1) is 7.11 Å². The second-order valence-corrected chi connectivity index (χ2v) is 6.33. The molecule has 0 aromatic heterocycles. The Bertz CT molecular complexity index is 569. The molecule has 20 heavy (non-hydrogen) atoms. The molecular formula is C16H17Br2NO. The lowest BCUT2D eigenvalue weighted by Crippen LogP contribution is -2.18. The van der Waals surface area contributed by atoms with Gasteiger partial charge in [-0.3, -0.25) is 0 Å². The van der Waals surface area contributed by atoms with Gasteiger partial charge in [0.2, 0.25) is 0 Å². The van der Waals surface area contributed by atoms with Gasteiger partial charge < -0.3 is 10.1 Å². The molecule has 2 aromatic rings. The molecule has 2 nitrogen and oxygen atoms in total. The van der Waals surface area contributed by atoms with E-state index >= 15 is 0 Å². The highest BCUT2D eigenvalue weighted by atomic mass is 79.9. The second kappa shape index (κ2) is 7.25. The highest BCUT2D eigenvalue weighted by molar-refractivity contribution is 9.13. The summed E-state index contributed by atoms with van der Waals surface area (Å²) < 4.78 is 7.32. The Kier molecular flexibility index (Phi) is 5.64. The van der Waals surface area contributed by atoms with Crippen LogP contribution in [0.4, 0.5) is 0 Å². The summed E-state index contributed by atoms with van der Waals surface area (Å²) in [5.74, 6) is 0.887. The van der Waals surface area contributed by atoms with E-state index in [1.165, 1.54) is 11.1 Å². The van der Waals surface area contributed by atoms with E-state index in [4.69, 9.17) is 4.74 Å². The van der Waals surface area contributed by atoms with E-state index in [2.05, 4.69) is 74.4 Å². The third-order valence-corrected chi connectivity index (χ3v) is 5.09. The average molecular weight is 399 g/mol. The van der Waals surface area contributed by atoms with Crippen LogP contribution in [0.3, 0.4) is 0 Å². The number of halogens is 2. The normalized spacial score (nSPS) is 12.2. The number of methoxy groups -OCH3 is 1. The standard InChI is InChI=1S/C16H17Br2NO/c1-11(13-4-6-14(20-2)7-5-13)19-10-12-3-8-15(17)16(18)9-12/h3-9,11,19H,10H2,1-2H3/t11-/m1/s1. The maximum atomic E-state index is 5.17. The molecule has 0 amide bonds. The van der Waals surface area contributed by atoms with E-state index in [0.29, 0.717) is 6.04 Å². The van der Waals surface area contributed by atoms with Crippen LogP contribution in [0.1, 0.15) is 24.1 Å². The fraction of sp³-hybridized carbons (Fsp3) is 0.250. The third kappa shape index (κ3) is 4.08. The van der Waals surface area contributed by atoms with E-state index < -0.39 is 0 Å². The van der Waals surface area contributed by atoms with Gasteiger partial charge in [-0.15, -0.1) is 0 Å². The van der Waals surface area contributed by atoms with Crippen molar-refractivity contribution in [1.29, 1.82) is 0 Å². The molecule has 0 bridgehead atoms. The van der Waals surface area contributed by atoms with Gasteiger partial charge in [-0.1, -0.05) is 18.2 Å². The molecule has 0 aliphatic rings. The van der Waals surface area contributed by atoms with E-state index in [0.717, 1.165) is 21.2 Å². The van der Waals surface area contributed by atoms with Crippen molar-refractivity contribution in [2.45, 2.75) is 19.5 Å². The van der Waals surface area contributed by atoms with Gasteiger partial charge in [0, 0.05) is 21.5 Å². The molecule has 4 heteroatoms. The summed E-state index contributed by atoms with van der Waals surface area (Å²) in [5.41, 5.74) is 2.50. The van der Waals surface area contributed by atoms with Crippen molar-refractivity contribution in [3.05, 3.63) is 62.5 Å². The Morgan fingerprint density at radius 2 is 1.75 bits per heavy atom. The lowest BCUT2D eigenvalue weighted by molar-refractivity contribution is 0.414. The highest BCUT2D eigenvalue weighted by Crippen LogP contribution is 2.24. The molecule has 0 fully saturated rings. The first-order chi connectivity index (χ1) is 9.60. The molecule has 0 aliphatic carbocycles. The van der Waals surface area contributed by atoms with E-state index in [-0.39, 0.29) is 0 Å². The zero-order valence-electron chi connectivity index (χ0n) is 11.5. The van der Waals surface area contributed by atoms with Gasteiger partial charge in [0.25, 0.3) is 0 Å². The maximum Gasteiger partial charge on any atom is 0.118 e. The Morgan fingerprint density at radius 3 is 2.35 bits per heavy atom. The number of rotatable bonds is 5. The van der Waals surface area contributed by atoms with Gasteiger partial charge in [-0.05, 0) is 74.2 Å². The molecule has 0 aliphatic heterocycles. The van der Waals surface area contributed by atoms with Gasteiger partial charge in [-0.2, -0.15) is 0 Å². The van der Waals surface area contributed by atoms with Crippen molar-refractivity contribution >= 4 is 31.9 Å². The van der Waals surface area contributed by atoms with Crippen LogP contribution in [-0.2, 0) is 6.54 Å². The Hall–Kier alpha value is -0.840. The maximum absolute atomic E-state index is 5.17. The zero-order chi connectivity index (χ0) is 14.5. The summed E-state index contributed by atoms with van der Waals surface area (Å²) in [6, 6.07) is 14.7. The number of hydrogen-bond acceptors (Lipinski definition) is 2. The Morgan fingerprint density at radius 1 is 1.05 bits per heavy atom. The first-order valence-corrected chi connectivity index (χ1v) is 8.00. The number of ether oxygens (including phenoxy) is 1. The molecule has 0 unspecified atom stereocenters. The Balaban J connectivity index is 1.96. The number of benzene rings is 2. The topological polar surface area (TPSA) is 21.3 Å². The van der Waals surface area contributed by atoms with E-state index in [1.54, 1.807) is 7.11 Å². The van der Waals surface area contributed by atoms with Crippen LogP contribution in [0.15, 0.2) is 51.4 Å². The SMILES string of the molecule is COc1ccc([C@@H](C)NCc2ccc(Br)c(Br)c2)cc1. The molecule has 2 aromatic carbocycles. The summed E-state index contributed by atoms with van der Waals surface area (Å²) in [7, 11) is 1.68. The lowest BCUT2D eigenvalue weighted by Gasteiger charge is -2.15. The predicted molar refractivity (Wildman–Crippen MR) is 90.1 cm³/mol. The first kappa shape index (κ1) is 15.5. The minimum absolute atomic E-state index is 0.295. The highest BCUT2D eigenvalue weighted by Gasteiger charge is 2.06. The predicted octanol–water partition coefficient (Wildman–Crippen LogP) is 5.07. The van der Waals surface area contributed by atoms with Crippen molar-refractivity contribution in [2.24, 2.45) is 0 Å². The first-order valence-electron chi connectivity index (χ1n) is 6.41. The molecule has 0 spiro atoms. The lowest BCUT2D eigenvalue weighted by atomic mass is 10.1. The van der Waals surface area contributed by atoms with Gasteiger partial charge in [-0.25, -0.2) is 0 Å². The van der Waals surface area contributed by atoms with Crippen LogP contribution in [0.2, 0.25) is 0 Å². The summed E-state index contributed by atoms with van der Waals surface area (Å²) >= 11 is 7.01. The number of nitrogens with one attached hydrogen (secondary N) is 1. The van der Waals surface area contributed by atoms with Crippen LogP contribution in [0.5, 0.6) is 5.75 Å². The minimum Gasteiger partial charge on any atom is -0.497 e. The average Bonchev–Trinajstić information content (AvgIpc) is 2.48. The van der Waals surface area contributed by atoms with Gasteiger partial charge in [0.15, 0.2) is 0 Å². The van der Waals surface area contributed by atoms with Crippen molar-refractivity contribution in [3.63, 3.8) is 0 Å². The smallest absolute Gasteiger partial charge is 0.118 e. The summed E-state index contributed by atoms with van der Waals surface area (Å²) in [6.07, 6.45) is 0. The summed E-state index contributed by atoms with van der Waals surface area (Å²) in [4.78, 5) is 0. The van der Waals surface area contributed by atoms with Crippen LogP contribution < -0.4 is 10.1 Å². The molecule has 0 saturated carbocycles. The van der Waals surface area contributed by atoms with E-state index in [1.807, 2.05) is 12.1 Å². The molecule has 2 rings (SSSR count). The van der Waals surface area contributed by atoms with Crippen molar-refractivity contribution in [2.75, 3.05) is 7.11 Å². The molecule has 106 valence electrons. The molecule has 1 N–H and O–H groups in total. The summed E-state index contributed by atoms with van der Waals surface area (Å²) in [5, 5.41) is 3.52. The van der Waals surface area contributed by atoms with Crippen LogP contribution in [0, 0.1) is 0 Å². The van der Waals surface area contributed by atoms with E-state index in [9.17, 15) is 0 Å². The Labute approximate surface area is 136 Å². The molecular weight excluding hydrogens is 382 g/mol. The quantitative estimate of drug-likeness (QED) is 0.758. The minimum atomic E-state index is 0.295. The van der Waals surface area contributed by atoms with Crippen LogP contribution >= 0.6 is 31.9 Å². The van der Waals surface area contributed by atoms with Crippen LogP contribution in [0.25, 0.3) is 0 Å².